The van der Waals surface area contributed by atoms with Crippen LogP contribution in [0, 0.1) is 0 Å². The van der Waals surface area contributed by atoms with Crippen LogP contribution in [0.1, 0.15) is 290 Å². The van der Waals surface area contributed by atoms with E-state index in [0.717, 1.165) is 38.5 Å². The molecule has 0 aliphatic rings. The van der Waals surface area contributed by atoms with Gasteiger partial charge in [0.1, 0.15) is 12.6 Å². The summed E-state index contributed by atoms with van der Waals surface area (Å²) in [5.74, 6) is -1.73. The van der Waals surface area contributed by atoms with E-state index in [1.807, 2.05) is 21.1 Å². The van der Waals surface area contributed by atoms with E-state index in [9.17, 15) is 19.5 Å². The molecule has 0 N–H and O–H groups in total. The van der Waals surface area contributed by atoms with Gasteiger partial charge >= 0.3 is 11.9 Å². The van der Waals surface area contributed by atoms with Gasteiger partial charge in [0.15, 0.2) is 6.10 Å². The highest BCUT2D eigenvalue weighted by molar-refractivity contribution is 5.70. The molecule has 8 nitrogen and oxygen atoms in total. The fourth-order valence-corrected chi connectivity index (χ4v) is 9.01. The number of hydrogen-bond donors (Lipinski definition) is 0. The number of carbonyl (C=O) groups is 3. The molecule has 2 atom stereocenters. The van der Waals surface area contributed by atoms with Crippen LogP contribution < -0.4 is 5.11 Å². The topological polar surface area (TPSA) is 102 Å². The van der Waals surface area contributed by atoms with Crippen LogP contribution in [0.3, 0.4) is 0 Å². The van der Waals surface area contributed by atoms with E-state index in [2.05, 4.69) is 38.2 Å². The third kappa shape index (κ3) is 48.8. The van der Waals surface area contributed by atoms with Gasteiger partial charge in [0.2, 0.25) is 0 Å². The fraction of sp³-hybridized carbons (Fsp3) is 0.883. The van der Waals surface area contributed by atoms with E-state index in [-0.39, 0.29) is 42.7 Å². The maximum Gasteiger partial charge on any atom is 0.306 e. The smallest absolute Gasteiger partial charge is 0.306 e. The number of aliphatic carboxylic acids is 1. The number of rotatable bonds is 54. The SMILES string of the molecule is CCCCCCCCCCCC/C=C/CCCCCCCCCC(=O)OC(COCCC(C(=O)[O-])[N+](C)(C)C)COC(=O)CCCCCCCCC/C=C/CCCCCCCCCCCCCC. The molecule has 0 heterocycles. The third-order valence-corrected chi connectivity index (χ3v) is 13.6. The summed E-state index contributed by atoms with van der Waals surface area (Å²) in [5, 5.41) is 11.7. The molecule has 8 heteroatoms. The van der Waals surface area contributed by atoms with E-state index in [4.69, 9.17) is 14.2 Å². The van der Waals surface area contributed by atoms with Crippen molar-refractivity contribution in [3.63, 3.8) is 0 Å². The zero-order chi connectivity index (χ0) is 49.9. The Labute approximate surface area is 421 Å². The van der Waals surface area contributed by atoms with Crippen molar-refractivity contribution in [2.24, 2.45) is 0 Å². The molecule has 0 amide bonds. The largest absolute Gasteiger partial charge is 0.544 e. The first-order valence-corrected chi connectivity index (χ1v) is 29.4. The number of quaternary nitrogens is 1. The first-order chi connectivity index (χ1) is 33.1. The Morgan fingerprint density at radius 3 is 1.06 bits per heavy atom. The van der Waals surface area contributed by atoms with Crippen molar-refractivity contribution in [1.29, 1.82) is 0 Å². The Kier molecular flexibility index (Phi) is 49.5. The molecular weight excluding hydrogens is 847 g/mol. The van der Waals surface area contributed by atoms with Gasteiger partial charge in [-0.1, -0.05) is 231 Å². The number of ether oxygens (including phenoxy) is 3. The summed E-state index contributed by atoms with van der Waals surface area (Å²) in [6.07, 6.45) is 60.8. The second-order valence-electron chi connectivity index (χ2n) is 21.2. The number of allylic oxidation sites excluding steroid dienone is 4. The highest BCUT2D eigenvalue weighted by Gasteiger charge is 2.25. The molecule has 0 aromatic carbocycles. The van der Waals surface area contributed by atoms with Crippen LogP contribution >= 0.6 is 0 Å². The summed E-state index contributed by atoms with van der Waals surface area (Å²) in [5.41, 5.74) is 0. The number of carboxylic acids is 1. The second-order valence-corrected chi connectivity index (χ2v) is 21.2. The van der Waals surface area contributed by atoms with Crippen molar-refractivity contribution < 1.29 is 38.2 Å². The maximum atomic E-state index is 12.8. The minimum atomic E-state index is -1.12. The summed E-state index contributed by atoms with van der Waals surface area (Å²) >= 11 is 0. The Balaban J connectivity index is 4.15. The van der Waals surface area contributed by atoms with Gasteiger partial charge in [-0.15, -0.1) is 0 Å². The molecule has 0 bridgehead atoms. The number of carbonyl (C=O) groups excluding carboxylic acids is 3. The lowest BCUT2D eigenvalue weighted by atomic mass is 10.0. The van der Waals surface area contributed by atoms with Gasteiger partial charge in [-0.05, 0) is 64.2 Å². The molecule has 0 aliphatic carbocycles. The molecule has 0 spiro atoms. The number of carboxylic acid groups (broad SMARTS) is 1. The van der Waals surface area contributed by atoms with E-state index in [0.29, 0.717) is 12.8 Å². The molecule has 0 fully saturated rings. The minimum absolute atomic E-state index is 0.0413. The van der Waals surface area contributed by atoms with Crippen LogP contribution in [0.2, 0.25) is 0 Å². The normalized spacial score (nSPS) is 12.9. The standard InChI is InChI=1S/C60H113NO7/c1-6-8-10-12-14-16-18-20-22-24-26-28-29-31-32-34-36-38-40-42-44-46-48-50-58(62)67-55-56(54-66-53-52-57(60(64)65)61(3,4)5)68-59(63)51-49-47-45-43-41-39-37-35-33-30-27-25-23-21-19-17-15-13-11-9-7-2/h30-33,56-57H,6-29,34-55H2,1-5H3/b32-31+,33-30+. The monoisotopic (exact) mass is 960 g/mol. The number of unbranched alkanes of at least 4 members (excludes halogenated alkanes) is 36. The van der Waals surface area contributed by atoms with Gasteiger partial charge in [0.05, 0.1) is 40.3 Å². The number of esters is 2. The number of hydrogen-bond acceptors (Lipinski definition) is 7. The molecule has 0 aromatic rings. The first kappa shape index (κ1) is 65.8. The number of likely N-dealkylation sites (N-methyl/N-ethyl adjacent to an activating group) is 1. The highest BCUT2D eigenvalue weighted by atomic mass is 16.6. The molecule has 0 rings (SSSR count). The molecular formula is C60H113NO7. The third-order valence-electron chi connectivity index (χ3n) is 13.6. The average molecular weight is 961 g/mol. The van der Waals surface area contributed by atoms with Crippen LogP contribution in [-0.2, 0) is 28.6 Å². The van der Waals surface area contributed by atoms with E-state index < -0.39 is 18.1 Å². The van der Waals surface area contributed by atoms with Crippen LogP contribution in [0.4, 0.5) is 0 Å². The lowest BCUT2D eigenvalue weighted by Gasteiger charge is -2.34. The first-order valence-electron chi connectivity index (χ1n) is 29.4. The van der Waals surface area contributed by atoms with E-state index in [1.165, 1.54) is 218 Å². The summed E-state index contributed by atoms with van der Waals surface area (Å²) in [6, 6.07) is -0.726. The minimum Gasteiger partial charge on any atom is -0.544 e. The van der Waals surface area contributed by atoms with Crippen molar-refractivity contribution in [2.45, 2.75) is 302 Å². The van der Waals surface area contributed by atoms with Crippen LogP contribution in [-0.4, -0.2) is 75.5 Å². The van der Waals surface area contributed by atoms with Gasteiger partial charge in [-0.25, -0.2) is 0 Å². The molecule has 2 unspecified atom stereocenters. The van der Waals surface area contributed by atoms with Gasteiger partial charge in [0.25, 0.3) is 0 Å². The van der Waals surface area contributed by atoms with E-state index >= 15 is 0 Å². The Bertz CT molecular complexity index is 1160. The van der Waals surface area contributed by atoms with E-state index in [1.54, 1.807) is 0 Å². The molecule has 68 heavy (non-hydrogen) atoms. The average Bonchev–Trinajstić information content (AvgIpc) is 3.30. The Hall–Kier alpha value is -2.19. The number of nitrogens with zero attached hydrogens (tertiary/aromatic N) is 1. The lowest BCUT2D eigenvalue weighted by Crippen LogP contribution is -2.55. The van der Waals surface area contributed by atoms with Crippen molar-refractivity contribution in [1.82, 2.24) is 0 Å². The Morgan fingerprint density at radius 2 is 0.735 bits per heavy atom. The molecule has 0 aliphatic heterocycles. The van der Waals surface area contributed by atoms with Gasteiger partial charge < -0.3 is 28.6 Å². The summed E-state index contributed by atoms with van der Waals surface area (Å²) < 4.78 is 17.3. The summed E-state index contributed by atoms with van der Waals surface area (Å²) in [7, 11) is 5.43. The summed E-state index contributed by atoms with van der Waals surface area (Å²) in [6.45, 7) is 4.71. The van der Waals surface area contributed by atoms with Crippen LogP contribution in [0.5, 0.6) is 0 Å². The van der Waals surface area contributed by atoms with Crippen LogP contribution in [0.25, 0.3) is 0 Å². The second kappa shape index (κ2) is 51.2. The van der Waals surface area contributed by atoms with Crippen molar-refractivity contribution >= 4 is 17.9 Å². The van der Waals surface area contributed by atoms with Crippen molar-refractivity contribution in [3.8, 4) is 0 Å². The van der Waals surface area contributed by atoms with Gasteiger partial charge in [-0.3, -0.25) is 9.59 Å². The predicted octanol–water partition coefficient (Wildman–Crippen LogP) is 16.2. The maximum absolute atomic E-state index is 12.8. The quantitative estimate of drug-likeness (QED) is 0.0259. The predicted molar refractivity (Wildman–Crippen MR) is 287 cm³/mol. The fourth-order valence-electron chi connectivity index (χ4n) is 9.01. The highest BCUT2D eigenvalue weighted by Crippen LogP contribution is 2.17. The molecule has 400 valence electrons. The van der Waals surface area contributed by atoms with Gasteiger partial charge in [-0.2, -0.15) is 0 Å². The molecule has 0 radical (unpaired) electrons. The van der Waals surface area contributed by atoms with Crippen molar-refractivity contribution in [3.05, 3.63) is 24.3 Å². The Morgan fingerprint density at radius 1 is 0.426 bits per heavy atom. The van der Waals surface area contributed by atoms with Gasteiger partial charge in [0, 0.05) is 19.3 Å². The molecule has 0 saturated heterocycles. The summed E-state index contributed by atoms with van der Waals surface area (Å²) in [4.78, 5) is 37.2. The lowest BCUT2D eigenvalue weighted by molar-refractivity contribution is -0.889. The van der Waals surface area contributed by atoms with Crippen LogP contribution in [0.15, 0.2) is 24.3 Å². The molecule has 0 saturated carbocycles. The van der Waals surface area contributed by atoms with Crippen molar-refractivity contribution in [2.75, 3.05) is 41.0 Å². The zero-order valence-electron chi connectivity index (χ0n) is 45.8. The molecule has 0 aromatic heterocycles. The zero-order valence-corrected chi connectivity index (χ0v) is 45.8.